The van der Waals surface area contributed by atoms with Crippen LogP contribution in [0.3, 0.4) is 0 Å². The molecule has 1 aromatic carbocycles. The molecule has 2 aromatic rings. The molecule has 0 bridgehead atoms. The molecule has 0 aliphatic heterocycles. The third kappa shape index (κ3) is 3.25. The summed E-state index contributed by atoms with van der Waals surface area (Å²) in [5.74, 6) is 0.572. The largest absolute Gasteiger partial charge is 0.323 e. The number of aryl methyl sites for hydroxylation is 1. The average Bonchev–Trinajstić information content (AvgIpc) is 2.81. The number of halogens is 1. The zero-order valence-corrected chi connectivity index (χ0v) is 13.2. The first-order valence-corrected chi connectivity index (χ1v) is 7.32. The minimum Gasteiger partial charge on any atom is -0.323 e. The molecule has 0 amide bonds. The van der Waals surface area contributed by atoms with E-state index in [2.05, 4.69) is 64.5 Å². The van der Waals surface area contributed by atoms with E-state index in [1.165, 1.54) is 5.56 Å². The summed E-state index contributed by atoms with van der Waals surface area (Å²) >= 11 is 3.57. The fourth-order valence-electron chi connectivity index (χ4n) is 2.16. The number of rotatable bonds is 4. The Morgan fingerprint density at radius 1 is 1.37 bits per heavy atom. The first-order valence-electron chi connectivity index (χ1n) is 6.53. The van der Waals surface area contributed by atoms with Crippen LogP contribution in [0.2, 0.25) is 0 Å². The number of hydrogen-bond donors (Lipinski definition) is 1. The van der Waals surface area contributed by atoms with Crippen LogP contribution in [-0.2, 0) is 0 Å². The molecule has 0 saturated heterocycles. The summed E-state index contributed by atoms with van der Waals surface area (Å²) in [6.07, 6.45) is 4.64. The molecule has 0 aliphatic rings. The van der Waals surface area contributed by atoms with Gasteiger partial charge in [0.1, 0.15) is 0 Å². The minimum atomic E-state index is 0.0163. The Morgan fingerprint density at radius 2 is 2.11 bits per heavy atom. The van der Waals surface area contributed by atoms with E-state index in [9.17, 15) is 0 Å². The van der Waals surface area contributed by atoms with E-state index in [-0.39, 0.29) is 6.04 Å². The molecule has 102 valence electrons. The normalized spacial score (nSPS) is 12.9. The molecular formula is C15H20BrN3. The highest BCUT2D eigenvalue weighted by Crippen LogP contribution is 2.24. The van der Waals surface area contributed by atoms with Gasteiger partial charge in [0.05, 0.1) is 18.2 Å². The van der Waals surface area contributed by atoms with Crippen molar-refractivity contribution < 1.29 is 0 Å². The van der Waals surface area contributed by atoms with Gasteiger partial charge in [-0.05, 0) is 37.0 Å². The second kappa shape index (κ2) is 5.88. The fraction of sp³-hybridized carbons (Fsp3) is 0.400. The SMILES string of the molecule is Cc1ccc(-n2cncc2C(N)CC(C)C)cc1Br. The summed E-state index contributed by atoms with van der Waals surface area (Å²) in [6.45, 7) is 6.44. The molecule has 1 unspecified atom stereocenters. The van der Waals surface area contributed by atoms with E-state index in [0.29, 0.717) is 5.92 Å². The standard InChI is InChI=1S/C15H20BrN3/c1-10(2)6-14(17)15-8-18-9-19(15)12-5-4-11(3)13(16)7-12/h4-5,7-10,14H,6,17H2,1-3H3. The molecule has 0 saturated carbocycles. The fourth-order valence-corrected chi connectivity index (χ4v) is 2.52. The molecule has 0 spiro atoms. The van der Waals surface area contributed by atoms with Crippen LogP contribution in [0.5, 0.6) is 0 Å². The maximum absolute atomic E-state index is 6.27. The Labute approximate surface area is 123 Å². The Morgan fingerprint density at radius 3 is 2.74 bits per heavy atom. The first kappa shape index (κ1) is 14.3. The predicted molar refractivity (Wildman–Crippen MR) is 82.4 cm³/mol. The Bertz CT molecular complexity index is 560. The zero-order valence-electron chi connectivity index (χ0n) is 11.6. The van der Waals surface area contributed by atoms with Gasteiger partial charge in [-0.25, -0.2) is 4.98 Å². The van der Waals surface area contributed by atoms with Crippen molar-refractivity contribution in [3.05, 3.63) is 46.5 Å². The highest BCUT2D eigenvalue weighted by molar-refractivity contribution is 9.10. The molecule has 19 heavy (non-hydrogen) atoms. The third-order valence-corrected chi connectivity index (χ3v) is 4.06. The third-order valence-electron chi connectivity index (χ3n) is 3.21. The summed E-state index contributed by atoms with van der Waals surface area (Å²) in [5, 5.41) is 0. The summed E-state index contributed by atoms with van der Waals surface area (Å²) in [5.41, 5.74) is 9.64. The van der Waals surface area contributed by atoms with Crippen LogP contribution >= 0.6 is 15.9 Å². The molecule has 1 heterocycles. The van der Waals surface area contributed by atoms with Crippen LogP contribution in [0.25, 0.3) is 5.69 Å². The van der Waals surface area contributed by atoms with Gasteiger partial charge in [-0.3, -0.25) is 0 Å². The highest BCUT2D eigenvalue weighted by Gasteiger charge is 2.14. The van der Waals surface area contributed by atoms with Gasteiger partial charge in [0.15, 0.2) is 0 Å². The Hall–Kier alpha value is -1.13. The molecule has 1 aromatic heterocycles. The number of imidazole rings is 1. The Balaban J connectivity index is 2.35. The van der Waals surface area contributed by atoms with E-state index in [1.54, 1.807) is 0 Å². The smallest absolute Gasteiger partial charge is 0.0994 e. The summed E-state index contributed by atoms with van der Waals surface area (Å²) in [4.78, 5) is 4.25. The van der Waals surface area contributed by atoms with Crippen molar-refractivity contribution in [3.63, 3.8) is 0 Å². The summed E-state index contributed by atoms with van der Waals surface area (Å²) in [7, 11) is 0. The number of nitrogens with two attached hydrogens (primary N) is 1. The molecule has 2 N–H and O–H groups in total. The molecule has 0 radical (unpaired) electrons. The highest BCUT2D eigenvalue weighted by atomic mass is 79.9. The number of hydrogen-bond acceptors (Lipinski definition) is 2. The average molecular weight is 322 g/mol. The van der Waals surface area contributed by atoms with Gasteiger partial charge in [-0.2, -0.15) is 0 Å². The maximum atomic E-state index is 6.27. The second-order valence-corrected chi connectivity index (χ2v) is 6.21. The van der Waals surface area contributed by atoms with Crippen LogP contribution in [0.4, 0.5) is 0 Å². The minimum absolute atomic E-state index is 0.0163. The van der Waals surface area contributed by atoms with Gasteiger partial charge in [-0.1, -0.05) is 35.8 Å². The van der Waals surface area contributed by atoms with E-state index >= 15 is 0 Å². The van der Waals surface area contributed by atoms with Crippen LogP contribution < -0.4 is 5.73 Å². The van der Waals surface area contributed by atoms with Crippen molar-refractivity contribution in [2.45, 2.75) is 33.2 Å². The summed E-state index contributed by atoms with van der Waals surface area (Å²) in [6, 6.07) is 6.30. The van der Waals surface area contributed by atoms with Crippen molar-refractivity contribution in [1.29, 1.82) is 0 Å². The van der Waals surface area contributed by atoms with E-state index in [4.69, 9.17) is 5.73 Å². The molecule has 1 atom stereocenters. The molecule has 0 aliphatic carbocycles. The Kier molecular flexibility index (Phi) is 4.42. The van der Waals surface area contributed by atoms with Crippen LogP contribution in [-0.4, -0.2) is 9.55 Å². The van der Waals surface area contributed by atoms with Crippen LogP contribution in [0, 0.1) is 12.8 Å². The lowest BCUT2D eigenvalue weighted by molar-refractivity contribution is 0.498. The first-order chi connectivity index (χ1) is 8.99. The second-order valence-electron chi connectivity index (χ2n) is 5.36. The zero-order chi connectivity index (χ0) is 14.0. The lowest BCUT2D eigenvalue weighted by atomic mass is 10.0. The quantitative estimate of drug-likeness (QED) is 0.925. The van der Waals surface area contributed by atoms with E-state index in [1.807, 2.05) is 12.5 Å². The van der Waals surface area contributed by atoms with Gasteiger partial charge < -0.3 is 10.3 Å². The summed E-state index contributed by atoms with van der Waals surface area (Å²) < 4.78 is 3.17. The van der Waals surface area contributed by atoms with Gasteiger partial charge >= 0.3 is 0 Å². The van der Waals surface area contributed by atoms with Crippen molar-refractivity contribution in [1.82, 2.24) is 9.55 Å². The molecule has 4 heteroatoms. The van der Waals surface area contributed by atoms with Gasteiger partial charge in [0, 0.05) is 16.2 Å². The van der Waals surface area contributed by atoms with E-state index < -0.39 is 0 Å². The van der Waals surface area contributed by atoms with Gasteiger partial charge in [0.2, 0.25) is 0 Å². The lowest BCUT2D eigenvalue weighted by Crippen LogP contribution is -2.16. The number of nitrogens with zero attached hydrogens (tertiary/aromatic N) is 2. The van der Waals surface area contributed by atoms with Crippen molar-refractivity contribution in [3.8, 4) is 5.69 Å². The van der Waals surface area contributed by atoms with E-state index in [0.717, 1.165) is 22.3 Å². The molecule has 0 fully saturated rings. The molecule has 3 nitrogen and oxygen atoms in total. The molecule has 2 rings (SSSR count). The molecular weight excluding hydrogens is 302 g/mol. The van der Waals surface area contributed by atoms with Crippen LogP contribution in [0.15, 0.2) is 35.2 Å². The monoisotopic (exact) mass is 321 g/mol. The predicted octanol–water partition coefficient (Wildman–Crippen LogP) is 3.99. The van der Waals surface area contributed by atoms with Gasteiger partial charge in [0.25, 0.3) is 0 Å². The topological polar surface area (TPSA) is 43.8 Å². The lowest BCUT2D eigenvalue weighted by Gasteiger charge is -2.17. The van der Waals surface area contributed by atoms with Crippen molar-refractivity contribution in [2.75, 3.05) is 0 Å². The number of benzene rings is 1. The van der Waals surface area contributed by atoms with Crippen molar-refractivity contribution in [2.24, 2.45) is 11.7 Å². The maximum Gasteiger partial charge on any atom is 0.0994 e. The number of aromatic nitrogens is 2. The van der Waals surface area contributed by atoms with Crippen molar-refractivity contribution >= 4 is 15.9 Å². The van der Waals surface area contributed by atoms with Gasteiger partial charge in [-0.15, -0.1) is 0 Å². The van der Waals surface area contributed by atoms with Crippen LogP contribution in [0.1, 0.15) is 37.6 Å².